The van der Waals surface area contributed by atoms with Gasteiger partial charge >= 0.3 is 0 Å². The fourth-order valence-corrected chi connectivity index (χ4v) is 1.44. The van der Waals surface area contributed by atoms with Crippen LogP contribution >= 0.6 is 39.1 Å². The third kappa shape index (κ3) is 2.43. The van der Waals surface area contributed by atoms with E-state index >= 15 is 0 Å². The molecule has 0 aliphatic rings. The molecule has 0 bridgehead atoms. The molecule has 0 amide bonds. The Hall–Kier alpha value is -0.190. The summed E-state index contributed by atoms with van der Waals surface area (Å²) < 4.78 is 38.5. The van der Waals surface area contributed by atoms with E-state index in [0.717, 1.165) is 12.1 Å². The van der Waals surface area contributed by atoms with Gasteiger partial charge in [0.15, 0.2) is 5.83 Å². The molecule has 1 rings (SSSR count). The molecule has 0 saturated carbocycles. The maximum atomic E-state index is 13.1. The first-order valence-electron chi connectivity index (χ1n) is 3.29. The molecule has 76 valence electrons. The molecule has 0 saturated heterocycles. The van der Waals surface area contributed by atoms with E-state index in [2.05, 4.69) is 15.9 Å². The SMILES string of the molecule is FC(=C(Cl)Cl)c1c(F)cc(Br)cc1F. The first-order chi connectivity index (χ1) is 6.43. The van der Waals surface area contributed by atoms with Crippen LogP contribution in [-0.4, -0.2) is 0 Å². The average Bonchev–Trinajstić information content (AvgIpc) is 2.01. The summed E-state index contributed by atoms with van der Waals surface area (Å²) in [5.41, 5.74) is -0.867. The van der Waals surface area contributed by atoms with Crippen molar-refractivity contribution in [2.75, 3.05) is 0 Å². The average molecular weight is 306 g/mol. The van der Waals surface area contributed by atoms with Gasteiger partial charge in [-0.15, -0.1) is 0 Å². The van der Waals surface area contributed by atoms with Crippen molar-refractivity contribution in [2.24, 2.45) is 0 Å². The summed E-state index contributed by atoms with van der Waals surface area (Å²) in [5.74, 6) is -3.47. The maximum absolute atomic E-state index is 13.1. The van der Waals surface area contributed by atoms with Gasteiger partial charge in [-0.3, -0.25) is 0 Å². The zero-order valence-electron chi connectivity index (χ0n) is 6.42. The molecule has 0 radical (unpaired) electrons. The lowest BCUT2D eigenvalue weighted by molar-refractivity contribution is 0.564. The number of rotatable bonds is 1. The van der Waals surface area contributed by atoms with E-state index in [1.807, 2.05) is 0 Å². The van der Waals surface area contributed by atoms with Gasteiger partial charge in [0.2, 0.25) is 0 Å². The number of hydrogen-bond donors (Lipinski definition) is 0. The van der Waals surface area contributed by atoms with Crippen LogP contribution in [0.25, 0.3) is 5.83 Å². The number of benzene rings is 1. The standard InChI is InChI=1S/C8H2BrCl2F3/c9-3-1-4(12)6(5(13)2-3)7(14)8(10)11/h1-2H. The highest BCUT2D eigenvalue weighted by molar-refractivity contribution is 9.10. The molecule has 0 aliphatic heterocycles. The fraction of sp³-hybridized carbons (Fsp3) is 0. The Kier molecular flexibility index (Phi) is 3.86. The van der Waals surface area contributed by atoms with Gasteiger partial charge in [0.05, 0.1) is 5.56 Å². The second kappa shape index (κ2) is 4.55. The molecular weight excluding hydrogens is 304 g/mol. The smallest absolute Gasteiger partial charge is 0.166 e. The molecule has 0 spiro atoms. The van der Waals surface area contributed by atoms with E-state index in [1.165, 1.54) is 0 Å². The van der Waals surface area contributed by atoms with Gasteiger partial charge in [0.25, 0.3) is 0 Å². The third-order valence-electron chi connectivity index (χ3n) is 1.39. The van der Waals surface area contributed by atoms with Gasteiger partial charge in [0.1, 0.15) is 16.1 Å². The van der Waals surface area contributed by atoms with Crippen molar-refractivity contribution in [2.45, 2.75) is 0 Å². The van der Waals surface area contributed by atoms with Crippen molar-refractivity contribution in [3.63, 3.8) is 0 Å². The Balaban J connectivity index is 3.43. The molecule has 0 aromatic heterocycles. The van der Waals surface area contributed by atoms with Crippen LogP contribution in [0.5, 0.6) is 0 Å². The van der Waals surface area contributed by atoms with Gasteiger partial charge in [-0.1, -0.05) is 39.1 Å². The van der Waals surface area contributed by atoms with E-state index in [-0.39, 0.29) is 4.47 Å². The summed E-state index contributed by atoms with van der Waals surface area (Å²) in [6.45, 7) is 0. The summed E-state index contributed by atoms with van der Waals surface area (Å²) >= 11 is 13.0. The Bertz CT molecular complexity index is 377. The largest absolute Gasteiger partial charge is 0.206 e. The molecule has 1 aromatic carbocycles. The molecule has 0 heterocycles. The zero-order chi connectivity index (χ0) is 10.9. The monoisotopic (exact) mass is 304 g/mol. The van der Waals surface area contributed by atoms with Crippen LogP contribution in [0.4, 0.5) is 13.2 Å². The maximum Gasteiger partial charge on any atom is 0.166 e. The first-order valence-corrected chi connectivity index (χ1v) is 4.84. The van der Waals surface area contributed by atoms with Gasteiger partial charge in [0, 0.05) is 4.47 Å². The lowest BCUT2D eigenvalue weighted by atomic mass is 10.2. The van der Waals surface area contributed by atoms with E-state index in [0.29, 0.717) is 0 Å². The van der Waals surface area contributed by atoms with Crippen LogP contribution in [0.1, 0.15) is 5.56 Å². The van der Waals surface area contributed by atoms with Crippen molar-refractivity contribution in [3.05, 3.63) is 38.3 Å². The summed E-state index contributed by atoms with van der Waals surface area (Å²) in [7, 11) is 0. The van der Waals surface area contributed by atoms with Crippen molar-refractivity contribution in [3.8, 4) is 0 Å². The lowest BCUT2D eigenvalue weighted by Gasteiger charge is -2.03. The van der Waals surface area contributed by atoms with Crippen LogP contribution in [0.3, 0.4) is 0 Å². The highest BCUT2D eigenvalue weighted by Crippen LogP contribution is 2.31. The molecule has 6 heteroatoms. The summed E-state index contributed by atoms with van der Waals surface area (Å²) in [6.07, 6.45) is 0. The van der Waals surface area contributed by atoms with Crippen molar-refractivity contribution >= 4 is 45.0 Å². The molecule has 0 aliphatic carbocycles. The second-order valence-corrected chi connectivity index (χ2v) is 4.18. The molecule has 0 unspecified atom stereocenters. The molecular formula is C8H2BrCl2F3. The molecule has 0 N–H and O–H groups in total. The Labute approximate surface area is 96.4 Å². The minimum absolute atomic E-state index is 0.162. The van der Waals surface area contributed by atoms with Crippen molar-refractivity contribution < 1.29 is 13.2 Å². The quantitative estimate of drug-likeness (QED) is 0.699. The lowest BCUT2D eigenvalue weighted by Crippen LogP contribution is -1.92. The van der Waals surface area contributed by atoms with Crippen LogP contribution in [0, 0.1) is 11.6 Å². The molecule has 0 atom stereocenters. The van der Waals surface area contributed by atoms with E-state index in [9.17, 15) is 13.2 Å². The van der Waals surface area contributed by atoms with Gasteiger partial charge < -0.3 is 0 Å². The third-order valence-corrected chi connectivity index (χ3v) is 2.18. The van der Waals surface area contributed by atoms with Crippen LogP contribution < -0.4 is 0 Å². The minimum Gasteiger partial charge on any atom is -0.206 e. The fourth-order valence-electron chi connectivity index (χ4n) is 0.846. The summed E-state index contributed by atoms with van der Waals surface area (Å²) in [4.78, 5) is 0. The Morgan fingerprint density at radius 3 is 1.93 bits per heavy atom. The van der Waals surface area contributed by atoms with Crippen LogP contribution in [-0.2, 0) is 0 Å². The van der Waals surface area contributed by atoms with Gasteiger partial charge in [-0.05, 0) is 12.1 Å². The van der Waals surface area contributed by atoms with Crippen LogP contribution in [0.15, 0.2) is 21.1 Å². The van der Waals surface area contributed by atoms with E-state index in [1.54, 1.807) is 0 Å². The van der Waals surface area contributed by atoms with Crippen molar-refractivity contribution in [1.29, 1.82) is 0 Å². The molecule has 0 fully saturated rings. The molecule has 0 nitrogen and oxygen atoms in total. The van der Waals surface area contributed by atoms with E-state index in [4.69, 9.17) is 23.2 Å². The zero-order valence-corrected chi connectivity index (χ0v) is 9.52. The topological polar surface area (TPSA) is 0 Å². The van der Waals surface area contributed by atoms with Gasteiger partial charge in [-0.25, -0.2) is 13.2 Å². The first kappa shape index (κ1) is 11.9. The van der Waals surface area contributed by atoms with Crippen molar-refractivity contribution in [1.82, 2.24) is 0 Å². The van der Waals surface area contributed by atoms with Gasteiger partial charge in [-0.2, -0.15) is 0 Å². The molecule has 14 heavy (non-hydrogen) atoms. The second-order valence-electron chi connectivity index (χ2n) is 2.32. The highest BCUT2D eigenvalue weighted by atomic mass is 79.9. The predicted molar refractivity (Wildman–Crippen MR) is 53.8 cm³/mol. The predicted octanol–water partition coefficient (Wildman–Crippen LogP) is 4.80. The Morgan fingerprint density at radius 2 is 1.57 bits per heavy atom. The number of halogens is 6. The normalized spacial score (nSPS) is 10.1. The summed E-state index contributed by atoms with van der Waals surface area (Å²) in [6, 6.07) is 1.82. The molecule has 1 aromatic rings. The van der Waals surface area contributed by atoms with Crippen LogP contribution in [0.2, 0.25) is 0 Å². The Morgan fingerprint density at radius 1 is 1.14 bits per heavy atom. The number of hydrogen-bond acceptors (Lipinski definition) is 0. The summed E-state index contributed by atoms with van der Waals surface area (Å²) in [5, 5.41) is 0. The van der Waals surface area contributed by atoms with E-state index < -0.39 is 27.5 Å². The highest BCUT2D eigenvalue weighted by Gasteiger charge is 2.17. The minimum atomic E-state index is -1.32.